The van der Waals surface area contributed by atoms with E-state index in [0.717, 1.165) is 24.1 Å². The molecule has 0 aliphatic heterocycles. The predicted octanol–water partition coefficient (Wildman–Crippen LogP) is 8.37. The summed E-state index contributed by atoms with van der Waals surface area (Å²) in [6.07, 6.45) is 19.7. The lowest BCUT2D eigenvalue weighted by atomic mass is 9.68. The molecule has 1 heteroatoms. The normalized spacial score (nSPS) is 29.3. The smallest absolute Gasteiger partial charge is 0.0829 e. The Labute approximate surface area is 166 Å². The maximum absolute atomic E-state index is 12.4. The van der Waals surface area contributed by atoms with Gasteiger partial charge >= 0.3 is 0 Å². The monoisotopic (exact) mass is 370 g/mol. The lowest BCUT2D eigenvalue weighted by molar-refractivity contribution is 0.171. The molecule has 0 aromatic heterocycles. The first kappa shape index (κ1) is 20.6. The van der Waals surface area contributed by atoms with Crippen LogP contribution in [-0.2, 0) is 6.42 Å². The first-order valence-corrected chi connectivity index (χ1v) is 11.7. The molecular weight excluding hydrogens is 331 g/mol. The summed E-state index contributed by atoms with van der Waals surface area (Å²) in [6.45, 7) is 2.28. The van der Waals surface area contributed by atoms with Gasteiger partial charge in [-0.2, -0.15) is 0 Å². The van der Waals surface area contributed by atoms with Crippen molar-refractivity contribution < 1.29 is 4.39 Å². The van der Waals surface area contributed by atoms with E-state index in [0.29, 0.717) is 5.92 Å². The number of allylic oxidation sites excluding steroid dienone is 1. The van der Waals surface area contributed by atoms with E-state index in [9.17, 15) is 4.39 Å². The molecule has 2 aliphatic carbocycles. The second-order valence-electron chi connectivity index (χ2n) is 9.16. The van der Waals surface area contributed by atoms with E-state index < -0.39 is 0 Å². The van der Waals surface area contributed by atoms with Gasteiger partial charge in [0, 0.05) is 0 Å². The molecule has 150 valence electrons. The highest BCUT2D eigenvalue weighted by Gasteiger charge is 2.30. The van der Waals surface area contributed by atoms with Gasteiger partial charge < -0.3 is 0 Å². The largest absolute Gasteiger partial charge is 0.216 e. The highest BCUT2D eigenvalue weighted by atomic mass is 19.1. The van der Waals surface area contributed by atoms with E-state index >= 15 is 0 Å². The molecule has 2 saturated carbocycles. The molecule has 27 heavy (non-hydrogen) atoms. The van der Waals surface area contributed by atoms with Crippen molar-refractivity contribution in [3.8, 4) is 0 Å². The lowest BCUT2D eigenvalue weighted by Gasteiger charge is -2.37. The molecule has 2 aliphatic rings. The van der Waals surface area contributed by atoms with Crippen LogP contribution in [0.4, 0.5) is 4.39 Å². The van der Waals surface area contributed by atoms with E-state index in [4.69, 9.17) is 0 Å². The molecule has 0 atom stereocenters. The summed E-state index contributed by atoms with van der Waals surface area (Å²) in [5, 5.41) is 0. The van der Waals surface area contributed by atoms with Crippen molar-refractivity contribution in [1.29, 1.82) is 0 Å². The summed E-state index contributed by atoms with van der Waals surface area (Å²) in [7, 11) is 0. The Morgan fingerprint density at radius 2 is 1.44 bits per heavy atom. The van der Waals surface area contributed by atoms with Gasteiger partial charge in [0.25, 0.3) is 0 Å². The number of unbranched alkanes of at least 4 members (excludes halogenated alkanes) is 3. The fourth-order valence-corrected chi connectivity index (χ4v) is 5.55. The van der Waals surface area contributed by atoms with Crippen LogP contribution in [-0.4, -0.2) is 0 Å². The maximum atomic E-state index is 12.4. The standard InChI is InChI=1S/C26H39F/c1-2-3-4-5-6-21-7-11-23(12-8-21)25-15-17-26(18-16-25)24-13-9-22(10-14-24)19-20-27/h7-8,11-12,19-20,22,24-26H,2-6,9-10,13-18H2,1H3/t22-,24-,25-,26-. The van der Waals surface area contributed by atoms with Gasteiger partial charge in [0.1, 0.15) is 0 Å². The molecule has 0 heterocycles. The SMILES string of the molecule is CCCCCCc1ccc([C@H]2CC[C@H]([C@H]3CC[C@H](C=CF)CC3)CC2)cc1. The molecule has 0 nitrogen and oxygen atoms in total. The van der Waals surface area contributed by atoms with Crippen LogP contribution >= 0.6 is 0 Å². The number of hydrogen-bond donors (Lipinski definition) is 0. The third-order valence-electron chi connectivity index (χ3n) is 7.37. The average Bonchev–Trinajstić information content (AvgIpc) is 2.73. The summed E-state index contributed by atoms with van der Waals surface area (Å²) in [4.78, 5) is 0. The Kier molecular flexibility index (Phi) is 8.42. The number of aryl methyl sites for hydroxylation is 1. The highest BCUT2D eigenvalue weighted by Crippen LogP contribution is 2.44. The zero-order valence-electron chi connectivity index (χ0n) is 17.3. The molecule has 0 spiro atoms. The first-order chi connectivity index (χ1) is 13.3. The second kappa shape index (κ2) is 11.0. The van der Waals surface area contributed by atoms with Crippen LogP contribution in [0.2, 0.25) is 0 Å². The van der Waals surface area contributed by atoms with Crippen LogP contribution < -0.4 is 0 Å². The topological polar surface area (TPSA) is 0 Å². The number of rotatable bonds is 8. The van der Waals surface area contributed by atoms with Gasteiger partial charge in [-0.3, -0.25) is 0 Å². The summed E-state index contributed by atoms with van der Waals surface area (Å²) >= 11 is 0. The molecule has 0 unspecified atom stereocenters. The maximum Gasteiger partial charge on any atom is 0.0829 e. The Balaban J connectivity index is 1.41. The van der Waals surface area contributed by atoms with Gasteiger partial charge in [0.15, 0.2) is 0 Å². The van der Waals surface area contributed by atoms with E-state index in [1.54, 1.807) is 11.6 Å². The lowest BCUT2D eigenvalue weighted by Crippen LogP contribution is -2.25. The van der Waals surface area contributed by atoms with Crippen LogP contribution in [0.25, 0.3) is 0 Å². The van der Waals surface area contributed by atoms with Crippen molar-refractivity contribution in [3.63, 3.8) is 0 Å². The minimum absolute atomic E-state index is 0.503. The van der Waals surface area contributed by atoms with Crippen molar-refractivity contribution in [1.82, 2.24) is 0 Å². The van der Waals surface area contributed by atoms with E-state index in [1.807, 2.05) is 0 Å². The average molecular weight is 371 g/mol. The quantitative estimate of drug-likeness (QED) is 0.403. The van der Waals surface area contributed by atoms with Gasteiger partial charge in [-0.15, -0.1) is 0 Å². The van der Waals surface area contributed by atoms with Crippen LogP contribution in [0.5, 0.6) is 0 Å². The minimum atomic E-state index is 0.503. The Bertz CT molecular complexity index is 542. The van der Waals surface area contributed by atoms with Gasteiger partial charge in [0.2, 0.25) is 0 Å². The van der Waals surface area contributed by atoms with Crippen LogP contribution in [0, 0.1) is 17.8 Å². The van der Waals surface area contributed by atoms with Gasteiger partial charge in [-0.05, 0) is 99.0 Å². The van der Waals surface area contributed by atoms with Gasteiger partial charge in [-0.25, -0.2) is 4.39 Å². The molecule has 0 saturated heterocycles. The third kappa shape index (κ3) is 6.19. The fourth-order valence-electron chi connectivity index (χ4n) is 5.55. The predicted molar refractivity (Wildman–Crippen MR) is 115 cm³/mol. The molecule has 3 rings (SSSR count). The molecule has 0 radical (unpaired) electrons. The summed E-state index contributed by atoms with van der Waals surface area (Å²) in [5.41, 5.74) is 3.09. The van der Waals surface area contributed by atoms with Crippen molar-refractivity contribution in [2.75, 3.05) is 0 Å². The Morgan fingerprint density at radius 3 is 2.04 bits per heavy atom. The zero-order chi connectivity index (χ0) is 18.9. The van der Waals surface area contributed by atoms with Crippen LogP contribution in [0.1, 0.15) is 101 Å². The minimum Gasteiger partial charge on any atom is -0.216 e. The van der Waals surface area contributed by atoms with Crippen molar-refractivity contribution in [2.24, 2.45) is 17.8 Å². The number of halogens is 1. The summed E-state index contributed by atoms with van der Waals surface area (Å²) in [5.74, 6) is 3.11. The number of hydrogen-bond acceptors (Lipinski definition) is 0. The molecule has 0 amide bonds. The first-order valence-electron chi connectivity index (χ1n) is 11.7. The summed E-state index contributed by atoms with van der Waals surface area (Å²) in [6, 6.07) is 9.59. The van der Waals surface area contributed by atoms with E-state index in [2.05, 4.69) is 31.2 Å². The molecular formula is C26H39F. The Morgan fingerprint density at radius 1 is 0.815 bits per heavy atom. The summed E-state index contributed by atoms with van der Waals surface area (Å²) < 4.78 is 12.4. The Hall–Kier alpha value is -1.11. The third-order valence-corrected chi connectivity index (χ3v) is 7.37. The molecule has 0 N–H and O–H groups in total. The van der Waals surface area contributed by atoms with E-state index in [-0.39, 0.29) is 0 Å². The van der Waals surface area contributed by atoms with Crippen molar-refractivity contribution in [3.05, 3.63) is 47.8 Å². The zero-order valence-corrected chi connectivity index (χ0v) is 17.3. The fraction of sp³-hybridized carbons (Fsp3) is 0.692. The second-order valence-corrected chi connectivity index (χ2v) is 9.16. The van der Waals surface area contributed by atoms with Crippen LogP contribution in [0.15, 0.2) is 36.7 Å². The molecule has 1 aromatic carbocycles. The molecule has 0 bridgehead atoms. The highest BCUT2D eigenvalue weighted by molar-refractivity contribution is 5.26. The molecule has 2 fully saturated rings. The van der Waals surface area contributed by atoms with Crippen LogP contribution in [0.3, 0.4) is 0 Å². The van der Waals surface area contributed by atoms with Crippen molar-refractivity contribution >= 4 is 0 Å². The van der Waals surface area contributed by atoms with E-state index in [1.165, 1.54) is 89.0 Å². The number of benzene rings is 1. The van der Waals surface area contributed by atoms with Gasteiger partial charge in [-0.1, -0.05) is 56.5 Å². The van der Waals surface area contributed by atoms with Gasteiger partial charge in [0.05, 0.1) is 6.33 Å². The molecule has 1 aromatic rings. The van der Waals surface area contributed by atoms with Crippen molar-refractivity contribution in [2.45, 2.75) is 96.3 Å².